The molecule has 0 spiro atoms. The largest absolute Gasteiger partial charge is 0.472 e. The Morgan fingerprint density at radius 2 is 1.64 bits per heavy atom. The van der Waals surface area contributed by atoms with Crippen molar-refractivity contribution in [3.05, 3.63) is 0 Å². The number of aliphatic hydroxyl groups excluding tert-OH is 3. The lowest BCUT2D eigenvalue weighted by Crippen LogP contribution is -2.55. The molecule has 260 valence electrons. The van der Waals surface area contributed by atoms with Gasteiger partial charge in [-0.25, -0.2) is 9.45 Å². The van der Waals surface area contributed by atoms with Crippen LogP contribution in [0.25, 0.3) is 0 Å². The van der Waals surface area contributed by atoms with E-state index in [9.17, 15) is 34.1 Å². The summed E-state index contributed by atoms with van der Waals surface area (Å²) in [4.78, 5) is 29.3. The van der Waals surface area contributed by atoms with Crippen LogP contribution >= 0.6 is 15.2 Å². The standard InChI is InChI=1S/C27H53NO14P2/c1-20(2)43(4,33)42-38-17-7-14-36-15-8-18-39-44(34,35)41-22-10-12-28(13-11-22)24(30)9-5-6-16-37-27-21(3)25(31)26(32)23(19-29)40-27/h20-23,25-27,29,31-32H,5-19H2,1-4H3,(H,34,35). The maximum absolute atomic E-state index is 12.6. The van der Waals surface area contributed by atoms with Gasteiger partial charge in [0.15, 0.2) is 6.29 Å². The van der Waals surface area contributed by atoms with Crippen molar-refractivity contribution < 1.29 is 67.0 Å². The van der Waals surface area contributed by atoms with E-state index in [1.807, 2.05) is 0 Å². The summed E-state index contributed by atoms with van der Waals surface area (Å²) in [5, 5.41) is 29.3. The lowest BCUT2D eigenvalue weighted by atomic mass is 9.92. The number of carbonyl (C=O) groups is 1. The van der Waals surface area contributed by atoms with E-state index in [1.165, 1.54) is 6.66 Å². The van der Waals surface area contributed by atoms with Gasteiger partial charge in [-0.1, -0.05) is 20.8 Å². The first-order valence-electron chi connectivity index (χ1n) is 15.4. The van der Waals surface area contributed by atoms with Gasteiger partial charge in [0.1, 0.15) is 12.2 Å². The molecule has 2 rings (SSSR count). The van der Waals surface area contributed by atoms with Gasteiger partial charge < -0.3 is 39.3 Å². The van der Waals surface area contributed by atoms with Crippen LogP contribution in [0.2, 0.25) is 0 Å². The fourth-order valence-electron chi connectivity index (χ4n) is 4.47. The highest BCUT2D eigenvalue weighted by Crippen LogP contribution is 2.48. The van der Waals surface area contributed by atoms with Crippen molar-refractivity contribution in [2.45, 2.75) is 102 Å². The third-order valence-electron chi connectivity index (χ3n) is 7.67. The number of hydrogen-bond donors (Lipinski definition) is 4. The molecule has 15 nitrogen and oxygen atoms in total. The van der Waals surface area contributed by atoms with Crippen LogP contribution in [-0.4, -0.2) is 127 Å². The molecule has 0 radical (unpaired) electrons. The second-order valence-corrected chi connectivity index (χ2v) is 16.0. The molecule has 0 saturated carbocycles. The molecule has 1 amide bonds. The highest BCUT2D eigenvalue weighted by molar-refractivity contribution is 7.58. The third-order valence-corrected chi connectivity index (χ3v) is 11.0. The van der Waals surface area contributed by atoms with E-state index < -0.39 is 58.4 Å². The molecule has 7 unspecified atom stereocenters. The van der Waals surface area contributed by atoms with Crippen molar-refractivity contribution in [1.82, 2.24) is 4.90 Å². The molecular weight excluding hydrogens is 624 g/mol. The molecule has 2 aliphatic rings. The van der Waals surface area contributed by atoms with Crippen LogP contribution < -0.4 is 0 Å². The van der Waals surface area contributed by atoms with Crippen molar-refractivity contribution in [2.24, 2.45) is 5.92 Å². The number of unbranched alkanes of at least 4 members (excludes halogenated alkanes) is 1. The average Bonchev–Trinajstić information content (AvgIpc) is 2.97. The van der Waals surface area contributed by atoms with Crippen LogP contribution in [0.5, 0.6) is 0 Å². The van der Waals surface area contributed by atoms with Crippen LogP contribution in [0.3, 0.4) is 0 Å². The summed E-state index contributed by atoms with van der Waals surface area (Å²) in [5.74, 6) is -0.489. The van der Waals surface area contributed by atoms with Crippen LogP contribution in [0, 0.1) is 5.92 Å². The number of phosphoric ester groups is 1. The number of carbonyl (C=O) groups excluding carboxylic acids is 1. The number of hydrogen-bond acceptors (Lipinski definition) is 13. The maximum Gasteiger partial charge on any atom is 0.472 e. The van der Waals surface area contributed by atoms with E-state index in [0.717, 1.165) is 0 Å². The minimum absolute atomic E-state index is 0.0157. The number of nitrogens with zero attached hydrogens (tertiary/aromatic N) is 1. The van der Waals surface area contributed by atoms with Gasteiger partial charge in [0, 0.05) is 57.6 Å². The Labute approximate surface area is 260 Å². The Morgan fingerprint density at radius 3 is 2.27 bits per heavy atom. The summed E-state index contributed by atoms with van der Waals surface area (Å²) in [6.07, 6.45) is -1.17. The average molecular weight is 678 g/mol. The zero-order chi connectivity index (χ0) is 32.8. The molecular formula is C27H53NO14P2. The van der Waals surface area contributed by atoms with Gasteiger partial charge in [0.05, 0.1) is 32.0 Å². The van der Waals surface area contributed by atoms with Crippen molar-refractivity contribution >= 4 is 21.1 Å². The Hall–Kier alpha value is -0.510. The summed E-state index contributed by atoms with van der Waals surface area (Å²) in [6, 6.07) is 0. The van der Waals surface area contributed by atoms with Crippen LogP contribution in [0.4, 0.5) is 0 Å². The van der Waals surface area contributed by atoms with E-state index in [4.69, 9.17) is 32.8 Å². The summed E-state index contributed by atoms with van der Waals surface area (Å²) in [7, 11) is -7.01. The second kappa shape index (κ2) is 20.0. The third kappa shape index (κ3) is 14.1. The smallest absolute Gasteiger partial charge is 0.394 e. The molecule has 0 aromatic heterocycles. The summed E-state index contributed by atoms with van der Waals surface area (Å²) in [6.45, 7) is 8.42. The van der Waals surface area contributed by atoms with Gasteiger partial charge in [-0.05, 0) is 38.5 Å². The predicted molar refractivity (Wildman–Crippen MR) is 159 cm³/mol. The number of ether oxygens (including phenoxy) is 3. The number of aliphatic hydroxyl groups is 3. The van der Waals surface area contributed by atoms with Crippen molar-refractivity contribution in [3.63, 3.8) is 0 Å². The second-order valence-electron chi connectivity index (χ2n) is 11.6. The summed E-state index contributed by atoms with van der Waals surface area (Å²) in [5.41, 5.74) is -0.123. The highest BCUT2D eigenvalue weighted by atomic mass is 31.2. The van der Waals surface area contributed by atoms with Gasteiger partial charge in [0.2, 0.25) is 13.3 Å². The molecule has 0 bridgehead atoms. The lowest BCUT2D eigenvalue weighted by Gasteiger charge is -2.40. The molecule has 44 heavy (non-hydrogen) atoms. The molecule has 2 fully saturated rings. The van der Waals surface area contributed by atoms with E-state index in [2.05, 4.69) is 0 Å². The number of piperidine rings is 1. The van der Waals surface area contributed by atoms with E-state index in [1.54, 1.807) is 25.7 Å². The Balaban J connectivity index is 1.50. The normalized spacial score (nSPS) is 27.8. The number of likely N-dealkylation sites (tertiary alicyclic amines) is 1. The van der Waals surface area contributed by atoms with Crippen molar-refractivity contribution in [2.75, 3.05) is 59.4 Å². The zero-order valence-electron chi connectivity index (χ0n) is 26.4. The first-order valence-corrected chi connectivity index (χ1v) is 19.0. The number of rotatable bonds is 21. The molecule has 2 heterocycles. The number of amides is 1. The van der Waals surface area contributed by atoms with Gasteiger partial charge in [0.25, 0.3) is 0 Å². The Kier molecular flexibility index (Phi) is 18.0. The van der Waals surface area contributed by atoms with Crippen molar-refractivity contribution in [3.8, 4) is 0 Å². The van der Waals surface area contributed by atoms with E-state index in [0.29, 0.717) is 77.9 Å². The minimum atomic E-state index is -4.24. The van der Waals surface area contributed by atoms with Crippen LogP contribution in [0.1, 0.15) is 65.7 Å². The summed E-state index contributed by atoms with van der Waals surface area (Å²) >= 11 is 0. The molecule has 17 heteroatoms. The van der Waals surface area contributed by atoms with Crippen LogP contribution in [0.15, 0.2) is 0 Å². The first-order chi connectivity index (χ1) is 20.8. The summed E-state index contributed by atoms with van der Waals surface area (Å²) < 4.78 is 56.3. The zero-order valence-corrected chi connectivity index (χ0v) is 28.1. The van der Waals surface area contributed by atoms with Crippen LogP contribution in [-0.2, 0) is 46.7 Å². The van der Waals surface area contributed by atoms with Gasteiger partial charge in [-0.3, -0.25) is 18.4 Å². The minimum Gasteiger partial charge on any atom is -0.394 e. The molecule has 2 saturated heterocycles. The maximum atomic E-state index is 12.6. The first kappa shape index (κ1) is 39.7. The molecule has 0 aromatic carbocycles. The Bertz CT molecular complexity index is 917. The van der Waals surface area contributed by atoms with Crippen molar-refractivity contribution in [1.29, 1.82) is 0 Å². The fourth-order valence-corrected chi connectivity index (χ4v) is 5.93. The molecule has 7 atom stereocenters. The lowest BCUT2D eigenvalue weighted by molar-refractivity contribution is -0.282. The topological polar surface area (TPSA) is 200 Å². The van der Waals surface area contributed by atoms with E-state index in [-0.39, 0.29) is 24.8 Å². The predicted octanol–water partition coefficient (Wildman–Crippen LogP) is 2.43. The highest BCUT2D eigenvalue weighted by Gasteiger charge is 2.42. The van der Waals surface area contributed by atoms with E-state index >= 15 is 0 Å². The van der Waals surface area contributed by atoms with Gasteiger partial charge in [-0.2, -0.15) is 4.67 Å². The Morgan fingerprint density at radius 1 is 0.977 bits per heavy atom. The molecule has 0 aliphatic carbocycles. The quantitative estimate of drug-likeness (QED) is 0.0598. The monoisotopic (exact) mass is 677 g/mol. The fraction of sp³-hybridized carbons (Fsp3) is 0.963. The molecule has 0 aromatic rings. The van der Waals surface area contributed by atoms with Gasteiger partial charge >= 0.3 is 7.82 Å². The SMILES string of the molecule is CC1C(OCCCCC(=O)N2CCC(OP(=O)(O)OCCCOCCCOOP(C)(=O)C(C)C)CC2)OC(CO)C(O)C1O. The number of phosphoric acid groups is 1. The molecule has 2 aliphatic heterocycles. The molecule has 4 N–H and O–H groups in total. The van der Waals surface area contributed by atoms with Gasteiger partial charge in [-0.15, -0.1) is 0 Å².